The molecule has 1 N–H and O–H groups in total. The first kappa shape index (κ1) is 13.6. The Morgan fingerprint density at radius 1 is 1.48 bits per heavy atom. The van der Waals surface area contributed by atoms with E-state index in [9.17, 15) is 9.18 Å². The Morgan fingerprint density at radius 3 is 3.00 bits per heavy atom. The van der Waals surface area contributed by atoms with Crippen LogP contribution in [0.15, 0.2) is 30.3 Å². The van der Waals surface area contributed by atoms with E-state index >= 15 is 0 Å². The summed E-state index contributed by atoms with van der Waals surface area (Å²) >= 11 is 0. The minimum absolute atomic E-state index is 0.0188. The normalized spacial score (nSPS) is 14.9. The standard InChI is InChI=1S/C15H16FN3O2/c1-21-12-4-2-3-11(5-12)13-6-14(18-17-13)15(20)19-8-10(7-16)9-19/h2-6,10H,7-9H2,1H3,(H,17,18). The molecule has 1 amide bonds. The van der Waals surface area contributed by atoms with Crippen LogP contribution in [-0.2, 0) is 0 Å². The number of nitrogens with zero attached hydrogens (tertiary/aromatic N) is 2. The third-order valence-electron chi connectivity index (χ3n) is 3.64. The maximum atomic E-state index is 12.4. The third kappa shape index (κ3) is 2.61. The molecule has 1 saturated heterocycles. The van der Waals surface area contributed by atoms with Crippen molar-refractivity contribution in [3.63, 3.8) is 0 Å². The minimum Gasteiger partial charge on any atom is -0.497 e. The molecule has 2 aromatic rings. The molecule has 0 unspecified atom stereocenters. The zero-order chi connectivity index (χ0) is 14.8. The van der Waals surface area contributed by atoms with E-state index in [1.165, 1.54) is 0 Å². The first-order chi connectivity index (χ1) is 10.2. The Morgan fingerprint density at radius 2 is 2.29 bits per heavy atom. The highest BCUT2D eigenvalue weighted by Gasteiger charge is 2.31. The molecule has 6 heteroatoms. The molecule has 0 saturated carbocycles. The van der Waals surface area contributed by atoms with Crippen molar-refractivity contribution in [1.82, 2.24) is 15.1 Å². The number of hydrogen-bond donors (Lipinski definition) is 1. The predicted molar refractivity (Wildman–Crippen MR) is 75.9 cm³/mol. The number of likely N-dealkylation sites (tertiary alicyclic amines) is 1. The molecule has 0 bridgehead atoms. The fourth-order valence-corrected chi connectivity index (χ4v) is 2.37. The highest BCUT2D eigenvalue weighted by molar-refractivity contribution is 5.93. The molecule has 1 fully saturated rings. The maximum Gasteiger partial charge on any atom is 0.271 e. The number of H-pyrrole nitrogens is 1. The van der Waals surface area contributed by atoms with Crippen LogP contribution in [0.25, 0.3) is 11.3 Å². The van der Waals surface area contributed by atoms with Crippen molar-refractivity contribution in [2.24, 2.45) is 5.92 Å². The number of nitrogens with one attached hydrogen (secondary N) is 1. The maximum absolute atomic E-state index is 12.4. The second kappa shape index (κ2) is 5.55. The summed E-state index contributed by atoms with van der Waals surface area (Å²) in [4.78, 5) is 13.8. The number of aromatic amines is 1. The summed E-state index contributed by atoms with van der Waals surface area (Å²) in [7, 11) is 1.60. The smallest absolute Gasteiger partial charge is 0.271 e. The van der Waals surface area contributed by atoms with E-state index in [0.717, 1.165) is 11.3 Å². The van der Waals surface area contributed by atoms with E-state index in [0.29, 0.717) is 24.5 Å². The van der Waals surface area contributed by atoms with E-state index in [-0.39, 0.29) is 18.5 Å². The molecule has 0 radical (unpaired) electrons. The molecule has 2 heterocycles. The lowest BCUT2D eigenvalue weighted by Crippen LogP contribution is -2.50. The summed E-state index contributed by atoms with van der Waals surface area (Å²) < 4.78 is 17.6. The van der Waals surface area contributed by atoms with Crippen LogP contribution in [-0.4, -0.2) is 47.9 Å². The number of alkyl halides is 1. The van der Waals surface area contributed by atoms with Gasteiger partial charge in [0.25, 0.3) is 5.91 Å². The molecule has 21 heavy (non-hydrogen) atoms. The molecule has 0 spiro atoms. The Kier molecular flexibility index (Phi) is 3.60. The molecular weight excluding hydrogens is 273 g/mol. The Hall–Kier alpha value is -2.37. The fraction of sp³-hybridized carbons (Fsp3) is 0.333. The van der Waals surface area contributed by atoms with E-state index in [1.807, 2.05) is 24.3 Å². The summed E-state index contributed by atoms with van der Waals surface area (Å²) in [6, 6.07) is 9.17. The second-order valence-electron chi connectivity index (χ2n) is 5.13. The van der Waals surface area contributed by atoms with Crippen molar-refractivity contribution in [2.45, 2.75) is 0 Å². The van der Waals surface area contributed by atoms with Gasteiger partial charge in [0.15, 0.2) is 0 Å². The van der Waals surface area contributed by atoms with Crippen molar-refractivity contribution in [1.29, 1.82) is 0 Å². The molecule has 1 aliphatic heterocycles. The minimum atomic E-state index is -0.373. The predicted octanol–water partition coefficient (Wildman–Crippen LogP) is 2.13. The molecule has 0 atom stereocenters. The molecule has 1 aromatic heterocycles. The van der Waals surface area contributed by atoms with Crippen LogP contribution >= 0.6 is 0 Å². The zero-order valence-corrected chi connectivity index (χ0v) is 11.7. The largest absolute Gasteiger partial charge is 0.497 e. The number of hydrogen-bond acceptors (Lipinski definition) is 3. The number of halogens is 1. The van der Waals surface area contributed by atoms with Crippen molar-refractivity contribution < 1.29 is 13.9 Å². The van der Waals surface area contributed by atoms with Crippen LogP contribution in [0, 0.1) is 5.92 Å². The molecule has 1 aromatic carbocycles. The number of ether oxygens (including phenoxy) is 1. The number of rotatable bonds is 4. The second-order valence-corrected chi connectivity index (χ2v) is 5.13. The van der Waals surface area contributed by atoms with Gasteiger partial charge < -0.3 is 9.64 Å². The summed E-state index contributed by atoms with van der Waals surface area (Å²) in [5.74, 6) is 0.577. The van der Waals surface area contributed by atoms with Crippen LogP contribution in [0.2, 0.25) is 0 Å². The molecule has 3 rings (SSSR count). The molecule has 0 aliphatic carbocycles. The van der Waals surface area contributed by atoms with Gasteiger partial charge >= 0.3 is 0 Å². The van der Waals surface area contributed by atoms with Crippen LogP contribution in [0.1, 0.15) is 10.5 Å². The summed E-state index contributed by atoms with van der Waals surface area (Å²) in [5, 5.41) is 6.91. The van der Waals surface area contributed by atoms with Crippen molar-refractivity contribution in [3.05, 3.63) is 36.0 Å². The van der Waals surface area contributed by atoms with Crippen LogP contribution < -0.4 is 4.74 Å². The highest BCUT2D eigenvalue weighted by Crippen LogP contribution is 2.24. The molecular formula is C15H16FN3O2. The lowest BCUT2D eigenvalue weighted by atomic mass is 10.0. The SMILES string of the molecule is COc1cccc(-c2cc(C(=O)N3CC(CF)C3)[nH]n2)c1. The lowest BCUT2D eigenvalue weighted by Gasteiger charge is -2.37. The summed E-state index contributed by atoms with van der Waals surface area (Å²) in [5.41, 5.74) is 1.97. The van der Waals surface area contributed by atoms with Crippen molar-refractivity contribution in [2.75, 3.05) is 26.9 Å². The van der Waals surface area contributed by atoms with Gasteiger partial charge in [0, 0.05) is 24.6 Å². The number of methoxy groups -OCH3 is 1. The van der Waals surface area contributed by atoms with Gasteiger partial charge in [-0.25, -0.2) is 0 Å². The van der Waals surface area contributed by atoms with E-state index < -0.39 is 0 Å². The van der Waals surface area contributed by atoms with Gasteiger partial charge in [0.05, 0.1) is 19.5 Å². The molecule has 5 nitrogen and oxygen atoms in total. The Bertz CT molecular complexity index is 650. The summed E-state index contributed by atoms with van der Waals surface area (Å²) in [6.45, 7) is 0.577. The van der Waals surface area contributed by atoms with Crippen LogP contribution in [0.3, 0.4) is 0 Å². The topological polar surface area (TPSA) is 58.2 Å². The number of benzene rings is 1. The Labute approximate surface area is 121 Å². The third-order valence-corrected chi connectivity index (χ3v) is 3.64. The number of amides is 1. The number of carbonyl (C=O) groups excluding carboxylic acids is 1. The van der Waals surface area contributed by atoms with E-state index in [4.69, 9.17) is 4.74 Å². The lowest BCUT2D eigenvalue weighted by molar-refractivity contribution is 0.0447. The van der Waals surface area contributed by atoms with Crippen molar-refractivity contribution in [3.8, 4) is 17.0 Å². The first-order valence-electron chi connectivity index (χ1n) is 6.76. The van der Waals surface area contributed by atoms with Gasteiger partial charge in [-0.05, 0) is 18.2 Å². The van der Waals surface area contributed by atoms with E-state index in [1.54, 1.807) is 18.1 Å². The van der Waals surface area contributed by atoms with Gasteiger partial charge in [0.2, 0.25) is 0 Å². The van der Waals surface area contributed by atoms with Gasteiger partial charge in [-0.15, -0.1) is 0 Å². The van der Waals surface area contributed by atoms with Crippen LogP contribution in [0.4, 0.5) is 4.39 Å². The van der Waals surface area contributed by atoms with Gasteiger partial charge in [-0.2, -0.15) is 5.10 Å². The van der Waals surface area contributed by atoms with Gasteiger partial charge in [0.1, 0.15) is 11.4 Å². The zero-order valence-electron chi connectivity index (χ0n) is 11.7. The van der Waals surface area contributed by atoms with Gasteiger partial charge in [-0.1, -0.05) is 12.1 Å². The fourth-order valence-electron chi connectivity index (χ4n) is 2.37. The molecule has 1 aliphatic rings. The average molecular weight is 289 g/mol. The summed E-state index contributed by atoms with van der Waals surface area (Å²) in [6.07, 6.45) is 0. The quantitative estimate of drug-likeness (QED) is 0.938. The van der Waals surface area contributed by atoms with E-state index in [2.05, 4.69) is 10.2 Å². The van der Waals surface area contributed by atoms with Crippen molar-refractivity contribution >= 4 is 5.91 Å². The number of aromatic nitrogens is 2. The first-order valence-corrected chi connectivity index (χ1v) is 6.76. The average Bonchev–Trinajstić information content (AvgIpc) is 2.96. The monoisotopic (exact) mass is 289 g/mol. The Balaban J connectivity index is 1.75. The van der Waals surface area contributed by atoms with Crippen LogP contribution in [0.5, 0.6) is 5.75 Å². The highest BCUT2D eigenvalue weighted by atomic mass is 19.1. The van der Waals surface area contributed by atoms with Gasteiger partial charge in [-0.3, -0.25) is 14.3 Å². The number of carbonyl (C=O) groups is 1. The molecule has 110 valence electrons.